The topological polar surface area (TPSA) is 119 Å². The number of fused-ring (bicyclic) bond motifs is 1. The molecule has 2 amide bonds. The van der Waals surface area contributed by atoms with Crippen LogP contribution in [0.25, 0.3) is 0 Å². The van der Waals surface area contributed by atoms with Crippen LogP contribution in [0.3, 0.4) is 0 Å². The SMILES string of the molecule is CC(C)(C)C[C@H](N=C1NC(=O)OC2COCCN12)C(=O)NC1(C#N)CCN(CCc2ccccc2)CC1. The van der Waals surface area contributed by atoms with Crippen molar-refractivity contribution in [3.8, 4) is 6.07 Å². The van der Waals surface area contributed by atoms with Crippen LogP contribution in [0.15, 0.2) is 35.3 Å². The Bertz CT molecular complexity index is 1020. The van der Waals surface area contributed by atoms with Gasteiger partial charge in [0.1, 0.15) is 18.2 Å². The molecule has 0 spiro atoms. The number of benzene rings is 1. The molecule has 1 aromatic carbocycles. The van der Waals surface area contributed by atoms with Gasteiger partial charge in [-0.2, -0.15) is 5.26 Å². The molecule has 2 atom stereocenters. The Labute approximate surface area is 219 Å². The molecule has 0 bridgehead atoms. The molecule has 1 aromatic rings. The van der Waals surface area contributed by atoms with E-state index in [2.05, 4.69) is 33.7 Å². The number of ether oxygens (including phenoxy) is 2. The summed E-state index contributed by atoms with van der Waals surface area (Å²) in [7, 11) is 0. The molecule has 2 N–H and O–H groups in total. The Hall–Kier alpha value is -3.16. The van der Waals surface area contributed by atoms with Crippen LogP contribution < -0.4 is 10.6 Å². The summed E-state index contributed by atoms with van der Waals surface area (Å²) < 4.78 is 10.7. The van der Waals surface area contributed by atoms with Gasteiger partial charge in [-0.3, -0.25) is 10.1 Å². The Kier molecular flexibility index (Phi) is 8.35. The van der Waals surface area contributed by atoms with Gasteiger partial charge in [-0.25, -0.2) is 9.79 Å². The van der Waals surface area contributed by atoms with Gasteiger partial charge in [0.25, 0.3) is 0 Å². The molecule has 0 saturated carbocycles. The highest BCUT2D eigenvalue weighted by atomic mass is 16.6. The second-order valence-corrected chi connectivity index (χ2v) is 11.2. The van der Waals surface area contributed by atoms with Crippen molar-refractivity contribution in [3.05, 3.63) is 35.9 Å². The molecule has 3 saturated heterocycles. The maximum Gasteiger partial charge on any atom is 0.415 e. The van der Waals surface area contributed by atoms with E-state index in [1.54, 1.807) is 0 Å². The van der Waals surface area contributed by atoms with Crippen LogP contribution in [0.5, 0.6) is 0 Å². The minimum atomic E-state index is -0.933. The fourth-order valence-electron chi connectivity index (χ4n) is 4.94. The molecule has 0 radical (unpaired) electrons. The summed E-state index contributed by atoms with van der Waals surface area (Å²) in [6.45, 7) is 9.74. The second-order valence-electron chi connectivity index (χ2n) is 11.2. The molecule has 10 nitrogen and oxygen atoms in total. The first-order chi connectivity index (χ1) is 17.7. The van der Waals surface area contributed by atoms with Gasteiger partial charge in [0.15, 0.2) is 0 Å². The summed E-state index contributed by atoms with van der Waals surface area (Å²) in [5, 5.41) is 15.8. The Morgan fingerprint density at radius 3 is 2.68 bits per heavy atom. The number of amides is 2. The van der Waals surface area contributed by atoms with Gasteiger partial charge in [0.2, 0.25) is 18.1 Å². The molecule has 37 heavy (non-hydrogen) atoms. The highest BCUT2D eigenvalue weighted by molar-refractivity contribution is 5.97. The lowest BCUT2D eigenvalue weighted by atomic mass is 9.85. The first-order valence-corrected chi connectivity index (χ1v) is 13.1. The smallest absolute Gasteiger partial charge is 0.415 e. The Morgan fingerprint density at radius 1 is 1.27 bits per heavy atom. The van der Waals surface area contributed by atoms with Crippen LogP contribution in [0.4, 0.5) is 4.79 Å². The van der Waals surface area contributed by atoms with E-state index in [9.17, 15) is 14.9 Å². The van der Waals surface area contributed by atoms with Gasteiger partial charge in [0.05, 0.1) is 12.7 Å². The molecule has 0 aromatic heterocycles. The van der Waals surface area contributed by atoms with Crippen molar-refractivity contribution >= 4 is 18.0 Å². The van der Waals surface area contributed by atoms with E-state index in [1.807, 2.05) is 43.9 Å². The maximum absolute atomic E-state index is 13.6. The van der Waals surface area contributed by atoms with Crippen LogP contribution >= 0.6 is 0 Å². The van der Waals surface area contributed by atoms with Gasteiger partial charge in [0, 0.05) is 26.2 Å². The number of carbonyl (C=O) groups is 2. The molecule has 3 heterocycles. The van der Waals surface area contributed by atoms with E-state index in [1.165, 1.54) is 5.56 Å². The number of nitriles is 1. The molecule has 200 valence electrons. The standard InChI is InChI=1S/C27H38N6O4/c1-26(2,3)17-21(29-24-30-25(35)37-22-18-36-16-15-33(22)24)23(34)31-27(19-28)10-13-32(14-11-27)12-9-20-7-5-4-6-8-20/h4-8,21-22H,9-18H2,1-3H3,(H,31,34)(H,29,30,35)/t21-,22?/m0/s1. The number of alkyl carbamates (subject to hydrolysis) is 1. The predicted octanol–water partition coefficient (Wildman–Crippen LogP) is 2.26. The van der Waals surface area contributed by atoms with E-state index >= 15 is 0 Å². The fraction of sp³-hybridized carbons (Fsp3) is 0.630. The zero-order valence-electron chi connectivity index (χ0n) is 22.0. The Morgan fingerprint density at radius 2 is 2.00 bits per heavy atom. The van der Waals surface area contributed by atoms with E-state index in [4.69, 9.17) is 14.5 Å². The van der Waals surface area contributed by atoms with Crippen LogP contribution in [0, 0.1) is 16.7 Å². The number of hydrogen-bond acceptors (Lipinski definition) is 7. The van der Waals surface area contributed by atoms with Crippen LogP contribution in [-0.4, -0.2) is 85.0 Å². The third-order valence-corrected chi connectivity index (χ3v) is 7.05. The third-order valence-electron chi connectivity index (χ3n) is 7.05. The normalized spacial score (nSPS) is 23.8. The van der Waals surface area contributed by atoms with Crippen LogP contribution in [-0.2, 0) is 20.7 Å². The predicted molar refractivity (Wildman–Crippen MR) is 139 cm³/mol. The molecule has 10 heteroatoms. The number of likely N-dealkylation sites (tertiary alicyclic amines) is 1. The molecule has 0 aliphatic carbocycles. The number of hydrogen-bond donors (Lipinski definition) is 2. The van der Waals surface area contributed by atoms with Gasteiger partial charge in [-0.05, 0) is 36.7 Å². The molecule has 1 unspecified atom stereocenters. The molecular weight excluding hydrogens is 472 g/mol. The first-order valence-electron chi connectivity index (χ1n) is 13.1. The number of nitrogens with one attached hydrogen (secondary N) is 2. The quantitative estimate of drug-likeness (QED) is 0.577. The number of carbonyl (C=O) groups excluding carboxylic acids is 2. The molecule has 4 rings (SSSR count). The number of rotatable bonds is 7. The van der Waals surface area contributed by atoms with Crippen LogP contribution in [0.2, 0.25) is 0 Å². The minimum absolute atomic E-state index is 0.202. The van der Waals surface area contributed by atoms with Crippen molar-refractivity contribution in [2.45, 2.75) is 64.3 Å². The van der Waals surface area contributed by atoms with Gasteiger partial charge in [-0.1, -0.05) is 51.1 Å². The molecule has 3 aliphatic heterocycles. The minimum Gasteiger partial charge on any atom is -0.422 e. The van der Waals surface area contributed by atoms with Crippen molar-refractivity contribution in [3.63, 3.8) is 0 Å². The summed E-state index contributed by atoms with van der Waals surface area (Å²) in [5.41, 5.74) is 0.156. The van der Waals surface area contributed by atoms with E-state index in [-0.39, 0.29) is 17.9 Å². The molecule has 3 aliphatic rings. The average Bonchev–Trinajstić information content (AvgIpc) is 2.87. The lowest BCUT2D eigenvalue weighted by Crippen LogP contribution is -2.62. The summed E-state index contributed by atoms with van der Waals surface area (Å²) in [6.07, 6.45) is 1.34. The van der Waals surface area contributed by atoms with Gasteiger partial charge in [-0.15, -0.1) is 0 Å². The third kappa shape index (κ3) is 7.21. The van der Waals surface area contributed by atoms with Crippen molar-refractivity contribution in [1.29, 1.82) is 5.26 Å². The monoisotopic (exact) mass is 510 g/mol. The van der Waals surface area contributed by atoms with Gasteiger partial charge >= 0.3 is 6.09 Å². The number of guanidine groups is 1. The highest BCUT2D eigenvalue weighted by Gasteiger charge is 2.40. The molecular formula is C27H38N6O4. The number of aliphatic imine (C=N–C) groups is 1. The Balaban J connectivity index is 1.43. The van der Waals surface area contributed by atoms with Crippen molar-refractivity contribution in [2.24, 2.45) is 10.4 Å². The first kappa shape index (κ1) is 26.9. The fourth-order valence-corrected chi connectivity index (χ4v) is 4.94. The molecule has 3 fully saturated rings. The van der Waals surface area contributed by atoms with Crippen LogP contribution in [0.1, 0.15) is 45.6 Å². The summed E-state index contributed by atoms with van der Waals surface area (Å²) in [6, 6.07) is 12.0. The van der Waals surface area contributed by atoms with Crippen molar-refractivity contribution in [2.75, 3.05) is 39.4 Å². The second kappa shape index (κ2) is 11.5. The lowest BCUT2D eigenvalue weighted by molar-refractivity contribution is -0.125. The summed E-state index contributed by atoms with van der Waals surface area (Å²) >= 11 is 0. The van der Waals surface area contributed by atoms with E-state index < -0.39 is 23.9 Å². The summed E-state index contributed by atoms with van der Waals surface area (Å²) in [4.78, 5) is 34.6. The zero-order valence-corrected chi connectivity index (χ0v) is 22.0. The summed E-state index contributed by atoms with van der Waals surface area (Å²) in [5.74, 6) is 0.0166. The average molecular weight is 511 g/mol. The number of nitrogens with zero attached hydrogens (tertiary/aromatic N) is 4. The van der Waals surface area contributed by atoms with Crippen molar-refractivity contribution < 1.29 is 19.1 Å². The zero-order chi connectivity index (χ0) is 26.5. The largest absolute Gasteiger partial charge is 0.422 e. The highest BCUT2D eigenvalue weighted by Crippen LogP contribution is 2.26. The maximum atomic E-state index is 13.6. The van der Waals surface area contributed by atoms with E-state index in [0.29, 0.717) is 38.4 Å². The van der Waals surface area contributed by atoms with Gasteiger partial charge < -0.3 is 24.6 Å². The number of piperidine rings is 1. The van der Waals surface area contributed by atoms with Crippen molar-refractivity contribution in [1.82, 2.24) is 20.4 Å². The van der Waals surface area contributed by atoms with E-state index in [0.717, 1.165) is 26.1 Å². The number of morpholine rings is 1. The lowest BCUT2D eigenvalue weighted by Gasteiger charge is -2.41.